The van der Waals surface area contributed by atoms with Crippen LogP contribution in [0, 0.1) is 0 Å². The minimum Gasteiger partial charge on any atom is -0.309 e. The summed E-state index contributed by atoms with van der Waals surface area (Å²) in [5, 5.41) is 0. The van der Waals surface area contributed by atoms with Gasteiger partial charge in [-0.2, -0.15) is 0 Å². The number of benzene rings is 9. The Hall–Kier alpha value is -7.22. The van der Waals surface area contributed by atoms with Crippen molar-refractivity contribution in [2.24, 2.45) is 0 Å². The highest BCUT2D eigenvalue weighted by Gasteiger charge is 2.43. The number of rotatable bonds is 6. The summed E-state index contributed by atoms with van der Waals surface area (Å²) >= 11 is 0. The van der Waals surface area contributed by atoms with Crippen LogP contribution in [0.15, 0.2) is 206 Å². The molecule has 0 radical (unpaired) electrons. The average molecular weight is 808 g/mol. The summed E-state index contributed by atoms with van der Waals surface area (Å²) in [4.78, 5) is 2.60. The number of para-hydroxylation sites is 2. The van der Waals surface area contributed by atoms with Gasteiger partial charge in [-0.3, -0.25) is 0 Å². The van der Waals surface area contributed by atoms with Gasteiger partial charge in [0, 0.05) is 27.4 Å². The molecule has 0 amide bonds. The molecule has 302 valence electrons. The molecule has 0 heterocycles. The Bertz CT molecular complexity index is 3310. The Labute approximate surface area is 372 Å². The zero-order chi connectivity index (χ0) is 42.7. The Morgan fingerprint density at radius 1 is 0.302 bits per heavy atom. The second-order valence-electron chi connectivity index (χ2n) is 18.9. The molecule has 0 bridgehead atoms. The van der Waals surface area contributed by atoms with Gasteiger partial charge >= 0.3 is 0 Å². The van der Waals surface area contributed by atoms with Crippen molar-refractivity contribution in [1.82, 2.24) is 0 Å². The van der Waals surface area contributed by atoms with Gasteiger partial charge in [0.05, 0.1) is 17.1 Å². The Morgan fingerprint density at radius 2 is 0.778 bits per heavy atom. The molecule has 63 heavy (non-hydrogen) atoms. The van der Waals surface area contributed by atoms with E-state index in [1.165, 1.54) is 100 Å². The summed E-state index contributed by atoms with van der Waals surface area (Å²) < 4.78 is 0. The van der Waals surface area contributed by atoms with E-state index in [0.29, 0.717) is 0 Å². The molecule has 1 heteroatoms. The monoisotopic (exact) mass is 807 g/mol. The summed E-state index contributed by atoms with van der Waals surface area (Å²) in [7, 11) is 0. The number of nitrogens with zero attached hydrogens (tertiary/aromatic N) is 1. The molecule has 0 saturated heterocycles. The topological polar surface area (TPSA) is 3.24 Å². The summed E-state index contributed by atoms with van der Waals surface area (Å²) in [6.45, 7) is 12.0. The van der Waals surface area contributed by atoms with Crippen LogP contribution in [0.4, 0.5) is 17.1 Å². The fourth-order valence-corrected chi connectivity index (χ4v) is 11.9. The van der Waals surface area contributed by atoms with Crippen molar-refractivity contribution in [3.63, 3.8) is 0 Å². The molecule has 3 aliphatic rings. The van der Waals surface area contributed by atoms with E-state index < -0.39 is 0 Å². The maximum atomic E-state index is 2.60. The highest BCUT2D eigenvalue weighted by Crippen LogP contribution is 2.59. The molecule has 12 rings (SSSR count). The van der Waals surface area contributed by atoms with Crippen molar-refractivity contribution in [1.29, 1.82) is 0 Å². The van der Waals surface area contributed by atoms with Gasteiger partial charge < -0.3 is 4.90 Å². The molecule has 0 aliphatic heterocycles. The SMILES string of the molecule is CC1(C)c2ccccc2-c2c(-c3ccccc3N(c3ccccc3-c3ccc4c(c3)C(C)(c3ccccc3)c3ccccc3-4)c3cccc4c3C(C)(C)c3ccccc3-4)cccc21. The minimum atomic E-state index is -0.307. The molecule has 1 nitrogen and oxygen atoms in total. The van der Waals surface area contributed by atoms with Crippen molar-refractivity contribution in [3.8, 4) is 55.6 Å². The molecular weight excluding hydrogens is 759 g/mol. The lowest BCUT2D eigenvalue weighted by Gasteiger charge is -2.35. The third-order valence-corrected chi connectivity index (χ3v) is 15.0. The van der Waals surface area contributed by atoms with E-state index >= 15 is 0 Å². The predicted octanol–water partition coefficient (Wildman–Crippen LogP) is 16.4. The lowest BCUT2D eigenvalue weighted by atomic mass is 9.74. The van der Waals surface area contributed by atoms with Crippen molar-refractivity contribution < 1.29 is 0 Å². The fourth-order valence-electron chi connectivity index (χ4n) is 11.9. The molecule has 9 aromatic carbocycles. The van der Waals surface area contributed by atoms with Crippen molar-refractivity contribution in [2.45, 2.75) is 50.9 Å². The number of fused-ring (bicyclic) bond motifs is 9. The third kappa shape index (κ3) is 5.23. The van der Waals surface area contributed by atoms with E-state index in [1.54, 1.807) is 0 Å². The van der Waals surface area contributed by atoms with Crippen LogP contribution in [-0.2, 0) is 16.2 Å². The fraction of sp³-hybridized carbons (Fsp3) is 0.129. The lowest BCUT2D eigenvalue weighted by Crippen LogP contribution is -2.22. The molecule has 0 spiro atoms. The van der Waals surface area contributed by atoms with Crippen LogP contribution < -0.4 is 4.90 Å². The molecule has 0 N–H and O–H groups in total. The zero-order valence-electron chi connectivity index (χ0n) is 36.6. The van der Waals surface area contributed by atoms with Crippen LogP contribution in [0.1, 0.15) is 73.6 Å². The molecule has 1 atom stereocenters. The van der Waals surface area contributed by atoms with Crippen LogP contribution in [0.25, 0.3) is 55.6 Å². The Morgan fingerprint density at radius 3 is 1.51 bits per heavy atom. The van der Waals surface area contributed by atoms with E-state index in [2.05, 4.69) is 246 Å². The zero-order valence-corrected chi connectivity index (χ0v) is 36.6. The largest absolute Gasteiger partial charge is 0.309 e. The maximum Gasteiger partial charge on any atom is 0.0540 e. The van der Waals surface area contributed by atoms with Crippen LogP contribution in [0.2, 0.25) is 0 Å². The van der Waals surface area contributed by atoms with Crippen molar-refractivity contribution in [2.75, 3.05) is 4.90 Å². The lowest BCUT2D eigenvalue weighted by molar-refractivity contribution is 0.660. The normalized spacial score (nSPS) is 16.7. The van der Waals surface area contributed by atoms with Crippen LogP contribution in [0.5, 0.6) is 0 Å². The molecule has 0 saturated carbocycles. The summed E-state index contributed by atoms with van der Waals surface area (Å²) in [6, 6.07) is 77.4. The predicted molar refractivity (Wildman–Crippen MR) is 265 cm³/mol. The number of anilines is 3. The quantitative estimate of drug-likeness (QED) is 0.162. The van der Waals surface area contributed by atoms with Gasteiger partial charge in [-0.25, -0.2) is 0 Å². The summed E-state index contributed by atoms with van der Waals surface area (Å²) in [6.07, 6.45) is 0. The van der Waals surface area contributed by atoms with Crippen LogP contribution >= 0.6 is 0 Å². The molecule has 1 unspecified atom stereocenters. The first-order valence-electron chi connectivity index (χ1n) is 22.4. The Kier molecular flexibility index (Phi) is 8.13. The van der Waals surface area contributed by atoms with Crippen molar-refractivity contribution in [3.05, 3.63) is 245 Å². The highest BCUT2D eigenvalue weighted by atomic mass is 15.2. The van der Waals surface area contributed by atoms with E-state index in [0.717, 1.165) is 11.4 Å². The van der Waals surface area contributed by atoms with Crippen LogP contribution in [-0.4, -0.2) is 0 Å². The number of hydrogen-bond donors (Lipinski definition) is 0. The molecular formula is C62H49N. The van der Waals surface area contributed by atoms with Gasteiger partial charge in [-0.05, 0) is 115 Å². The summed E-state index contributed by atoms with van der Waals surface area (Å²) in [5.41, 5.74) is 25.1. The molecule has 0 aromatic heterocycles. The van der Waals surface area contributed by atoms with Gasteiger partial charge in [0.15, 0.2) is 0 Å². The smallest absolute Gasteiger partial charge is 0.0540 e. The van der Waals surface area contributed by atoms with E-state index in [4.69, 9.17) is 0 Å². The highest BCUT2D eigenvalue weighted by molar-refractivity contribution is 6.02. The average Bonchev–Trinajstić information content (AvgIpc) is 3.84. The van der Waals surface area contributed by atoms with Gasteiger partial charge in [-0.1, -0.05) is 210 Å². The van der Waals surface area contributed by atoms with E-state index in [1.807, 2.05) is 0 Å². The van der Waals surface area contributed by atoms with E-state index in [-0.39, 0.29) is 16.2 Å². The van der Waals surface area contributed by atoms with Gasteiger partial charge in [0.25, 0.3) is 0 Å². The maximum absolute atomic E-state index is 2.60. The van der Waals surface area contributed by atoms with Gasteiger partial charge in [0.1, 0.15) is 0 Å². The second-order valence-corrected chi connectivity index (χ2v) is 18.9. The first kappa shape index (κ1) is 37.5. The molecule has 9 aromatic rings. The first-order chi connectivity index (χ1) is 30.7. The Balaban J connectivity index is 1.13. The van der Waals surface area contributed by atoms with Gasteiger partial charge in [0.2, 0.25) is 0 Å². The van der Waals surface area contributed by atoms with Crippen LogP contribution in [0.3, 0.4) is 0 Å². The molecule has 3 aliphatic carbocycles. The van der Waals surface area contributed by atoms with E-state index in [9.17, 15) is 0 Å². The first-order valence-corrected chi connectivity index (χ1v) is 22.4. The summed E-state index contributed by atoms with van der Waals surface area (Å²) in [5.74, 6) is 0. The second kappa shape index (κ2) is 13.6. The van der Waals surface area contributed by atoms with Crippen molar-refractivity contribution >= 4 is 17.1 Å². The molecule has 0 fully saturated rings. The standard InChI is InChI=1S/C62H49N/c1-60(2)51-31-15-11-27-49(51)58-47(28-19-33-53(58)60)46-26-13-18-35-56(46)63(57-36-20-29-48-44-25-9-14-30-50(44)61(3,4)59(48)57)55-34-17-12-23-42(55)40-37-38-45-43-24-10-16-32-52(43)62(5,54(45)39-40)41-21-7-6-8-22-41/h6-39H,1-5H3. The minimum absolute atomic E-state index is 0.110. The number of hydrogen-bond acceptors (Lipinski definition) is 1. The third-order valence-electron chi connectivity index (χ3n) is 15.0. The van der Waals surface area contributed by atoms with Gasteiger partial charge in [-0.15, -0.1) is 0 Å².